The molecule has 39 heavy (non-hydrogen) atoms. The molecular weight excluding hydrogens is 565 g/mol. The minimum atomic E-state index is -5.17. The van der Waals surface area contributed by atoms with Crippen LogP contribution in [0.15, 0.2) is 36.4 Å². The van der Waals surface area contributed by atoms with Crippen LogP contribution < -0.4 is 15.0 Å². The molecule has 13 heteroatoms. The van der Waals surface area contributed by atoms with Crippen LogP contribution in [-0.2, 0) is 20.9 Å². The number of hydrogen-bond donors (Lipinski definition) is 1. The topological polar surface area (TPSA) is 71.1 Å². The lowest BCUT2D eigenvalue weighted by molar-refractivity contribution is -0.204. The molecule has 2 atom stereocenters. The summed E-state index contributed by atoms with van der Waals surface area (Å²) in [5.41, 5.74) is 1.23. The van der Waals surface area contributed by atoms with Crippen molar-refractivity contribution in [3.63, 3.8) is 0 Å². The van der Waals surface area contributed by atoms with E-state index in [0.717, 1.165) is 57.1 Å². The fourth-order valence-electron chi connectivity index (χ4n) is 4.86. The molecule has 2 aliphatic rings. The van der Waals surface area contributed by atoms with E-state index in [1.54, 1.807) is 0 Å². The second-order valence-electron chi connectivity index (χ2n) is 9.62. The Morgan fingerprint density at radius 3 is 2.36 bits per heavy atom. The van der Waals surface area contributed by atoms with Crippen molar-refractivity contribution in [2.75, 3.05) is 31.1 Å². The molecule has 4 rings (SSSR count). The minimum absolute atomic E-state index is 0.0431. The summed E-state index contributed by atoms with van der Waals surface area (Å²) in [5.74, 6) is -3.83. The van der Waals surface area contributed by atoms with E-state index >= 15 is 0 Å². The van der Waals surface area contributed by atoms with Crippen LogP contribution in [0.1, 0.15) is 25.3 Å². The van der Waals surface area contributed by atoms with E-state index in [-0.39, 0.29) is 35.6 Å². The molecule has 0 aliphatic carbocycles. The van der Waals surface area contributed by atoms with Gasteiger partial charge in [0.2, 0.25) is 0 Å². The van der Waals surface area contributed by atoms with Crippen LogP contribution in [-0.4, -0.2) is 67.4 Å². The first-order chi connectivity index (χ1) is 18.4. The maximum atomic E-state index is 14.3. The quantitative estimate of drug-likeness (QED) is 0.277. The van der Waals surface area contributed by atoms with Gasteiger partial charge in [0.1, 0.15) is 11.9 Å². The molecule has 212 valence electrons. The number of nitrogens with one attached hydrogen (secondary N) is 1. The third-order valence-corrected chi connectivity index (χ3v) is 7.25. The second-order valence-corrected chi connectivity index (χ2v) is 10.5. The predicted octanol–water partition coefficient (Wildman–Crippen LogP) is 4.97. The molecular formula is C26H27Cl2F4N3O4. The van der Waals surface area contributed by atoms with Crippen molar-refractivity contribution in [2.45, 2.75) is 50.7 Å². The molecule has 2 aliphatic heterocycles. The molecule has 2 aromatic carbocycles. The summed E-state index contributed by atoms with van der Waals surface area (Å²) < 4.78 is 63.4. The Hall–Kier alpha value is -2.60. The van der Waals surface area contributed by atoms with Crippen molar-refractivity contribution < 1.29 is 36.6 Å². The maximum Gasteiger partial charge on any atom is 0.490 e. The number of hydrogen-bond acceptors (Lipinski definition) is 7. The van der Waals surface area contributed by atoms with Crippen LogP contribution in [0.3, 0.4) is 0 Å². The normalized spacial score (nSPS) is 20.7. The maximum absolute atomic E-state index is 14.3. The lowest BCUT2D eigenvalue weighted by Gasteiger charge is -2.34. The Morgan fingerprint density at radius 1 is 1.08 bits per heavy atom. The minimum Gasteiger partial charge on any atom is -0.452 e. The van der Waals surface area contributed by atoms with E-state index in [0.29, 0.717) is 5.02 Å². The lowest BCUT2D eigenvalue weighted by atomic mass is 10.0. The Balaban J connectivity index is 1.46. The molecule has 2 fully saturated rings. The summed E-state index contributed by atoms with van der Waals surface area (Å²) in [6.07, 6.45) is -4.91. The number of benzene rings is 2. The smallest absolute Gasteiger partial charge is 0.452 e. The summed E-state index contributed by atoms with van der Waals surface area (Å²) in [6, 6.07) is 9.03. The molecule has 7 nitrogen and oxygen atoms in total. The third kappa shape index (κ3) is 7.75. The van der Waals surface area contributed by atoms with Crippen LogP contribution in [0.4, 0.5) is 23.2 Å². The van der Waals surface area contributed by atoms with Gasteiger partial charge in [-0.1, -0.05) is 35.3 Å². The molecule has 0 amide bonds. The first-order valence-electron chi connectivity index (χ1n) is 12.3. The molecule has 1 N–H and O–H groups in total. The Morgan fingerprint density at radius 2 is 1.74 bits per heavy atom. The summed E-state index contributed by atoms with van der Waals surface area (Å²) >= 11 is 11.8. The van der Waals surface area contributed by atoms with Gasteiger partial charge in [-0.15, -0.1) is 0 Å². The van der Waals surface area contributed by atoms with E-state index in [9.17, 15) is 27.2 Å². The van der Waals surface area contributed by atoms with Gasteiger partial charge in [0.15, 0.2) is 5.75 Å². The molecule has 2 unspecified atom stereocenters. The third-order valence-electron chi connectivity index (χ3n) is 6.71. The van der Waals surface area contributed by atoms with Gasteiger partial charge in [0.05, 0.1) is 23.3 Å². The average Bonchev–Trinajstić information content (AvgIpc) is 3.24. The summed E-state index contributed by atoms with van der Waals surface area (Å²) in [5, 5.41) is 3.72. The second kappa shape index (κ2) is 12.3. The molecule has 2 heterocycles. The highest BCUT2D eigenvalue weighted by Gasteiger charge is 2.46. The zero-order chi connectivity index (χ0) is 28.3. The highest BCUT2D eigenvalue weighted by molar-refractivity contribution is 6.31. The Bertz CT molecular complexity index is 1190. The lowest BCUT2D eigenvalue weighted by Crippen LogP contribution is -2.51. The first kappa shape index (κ1) is 29.4. The fourth-order valence-corrected chi connectivity index (χ4v) is 5.14. The highest BCUT2D eigenvalue weighted by Crippen LogP contribution is 2.36. The zero-order valence-corrected chi connectivity index (χ0v) is 22.5. The van der Waals surface area contributed by atoms with Crippen molar-refractivity contribution in [1.82, 2.24) is 10.2 Å². The van der Waals surface area contributed by atoms with Gasteiger partial charge in [0, 0.05) is 43.2 Å². The first-order valence-corrected chi connectivity index (χ1v) is 13.1. The van der Waals surface area contributed by atoms with Crippen LogP contribution in [0.25, 0.3) is 0 Å². The van der Waals surface area contributed by atoms with Gasteiger partial charge in [0.25, 0.3) is 0 Å². The van der Waals surface area contributed by atoms with E-state index in [1.165, 1.54) is 4.90 Å². The van der Waals surface area contributed by atoms with Crippen molar-refractivity contribution >= 4 is 40.8 Å². The number of esters is 2. The number of ether oxygens (including phenoxy) is 2. The van der Waals surface area contributed by atoms with E-state index in [2.05, 4.69) is 10.2 Å². The van der Waals surface area contributed by atoms with E-state index in [1.807, 2.05) is 24.3 Å². The average molecular weight is 592 g/mol. The summed E-state index contributed by atoms with van der Waals surface area (Å²) in [6.45, 7) is 3.31. The van der Waals surface area contributed by atoms with Crippen molar-refractivity contribution in [3.8, 4) is 5.75 Å². The zero-order valence-electron chi connectivity index (χ0n) is 20.9. The number of nitrogens with zero attached hydrogens (tertiary/aromatic N) is 2. The number of carbonyl (C=O) groups excluding carboxylic acids is 2. The van der Waals surface area contributed by atoms with Gasteiger partial charge in [-0.05, 0) is 43.6 Å². The molecule has 2 aromatic rings. The number of carbonyl (C=O) groups is 2. The molecule has 0 bridgehead atoms. The van der Waals surface area contributed by atoms with E-state index in [4.69, 9.17) is 32.7 Å². The van der Waals surface area contributed by atoms with E-state index < -0.39 is 36.1 Å². The summed E-state index contributed by atoms with van der Waals surface area (Å²) in [7, 11) is 0. The van der Waals surface area contributed by atoms with Crippen LogP contribution >= 0.6 is 23.2 Å². The van der Waals surface area contributed by atoms with Gasteiger partial charge < -0.3 is 19.7 Å². The number of likely N-dealkylation sites (tertiary alicyclic amines) is 1. The Kier molecular flexibility index (Phi) is 9.25. The van der Waals surface area contributed by atoms with Crippen LogP contribution in [0.5, 0.6) is 5.75 Å². The van der Waals surface area contributed by atoms with Gasteiger partial charge in [-0.25, -0.2) is 9.18 Å². The molecule has 0 radical (unpaired) electrons. The number of anilines is 1. The largest absolute Gasteiger partial charge is 0.490 e. The number of halogens is 6. The number of piperidine rings is 1. The van der Waals surface area contributed by atoms with Crippen LogP contribution in [0.2, 0.25) is 10.0 Å². The van der Waals surface area contributed by atoms with Gasteiger partial charge in [-0.3, -0.25) is 9.69 Å². The standard InChI is InChI=1S/C26H27Cl2F4N3O4/c1-15(36)38-23-10-19(28)20(29)11-22(23)35-13-21(24(14-35)39-25(37)26(30,31)32)33-18-6-8-34(9-7-18)12-16-2-4-17(27)5-3-16/h2-5,10-11,18,21,24,33H,6-9,12-14H2,1H3. The predicted molar refractivity (Wildman–Crippen MR) is 138 cm³/mol. The summed E-state index contributed by atoms with van der Waals surface area (Å²) in [4.78, 5) is 27.1. The van der Waals surface area contributed by atoms with Crippen molar-refractivity contribution in [3.05, 3.63) is 57.8 Å². The van der Waals surface area contributed by atoms with Crippen molar-refractivity contribution in [1.29, 1.82) is 0 Å². The Labute approximate surface area is 232 Å². The fraction of sp³-hybridized carbons (Fsp3) is 0.462. The number of rotatable bonds is 7. The highest BCUT2D eigenvalue weighted by atomic mass is 35.5. The monoisotopic (exact) mass is 591 g/mol. The van der Waals surface area contributed by atoms with Crippen LogP contribution in [0, 0.1) is 5.82 Å². The van der Waals surface area contributed by atoms with Gasteiger partial charge in [-0.2, -0.15) is 13.2 Å². The number of alkyl halides is 3. The molecule has 2 saturated heterocycles. The molecule has 0 aromatic heterocycles. The molecule has 0 spiro atoms. The van der Waals surface area contributed by atoms with Crippen molar-refractivity contribution in [2.24, 2.45) is 0 Å². The van der Waals surface area contributed by atoms with Gasteiger partial charge >= 0.3 is 18.1 Å². The molecule has 0 saturated carbocycles. The SMILES string of the molecule is CC(=O)Oc1cc(Cl)c(F)cc1N1CC(NC2CCN(Cc3ccc(Cl)cc3)CC2)C(OC(=O)C(F)(F)F)C1.